The second-order valence-electron chi connectivity index (χ2n) is 4.99. The molecule has 1 heterocycles. The summed E-state index contributed by atoms with van der Waals surface area (Å²) in [7, 11) is 1.57. The number of nitrogens with two attached hydrogens (primary N) is 1. The molecule has 18 heavy (non-hydrogen) atoms. The largest absolute Gasteiger partial charge is 0.383 e. The van der Waals surface area contributed by atoms with Gasteiger partial charge in [-0.1, -0.05) is 13.8 Å². The first-order valence-electron chi connectivity index (χ1n) is 6.88. The van der Waals surface area contributed by atoms with E-state index in [9.17, 15) is 4.79 Å². The molecule has 0 aromatic heterocycles. The van der Waals surface area contributed by atoms with Crippen LogP contribution in [0.5, 0.6) is 0 Å². The highest BCUT2D eigenvalue weighted by Gasteiger charge is 2.29. The Hall–Kier alpha value is -0.650. The van der Waals surface area contributed by atoms with Crippen molar-refractivity contribution in [1.82, 2.24) is 9.80 Å². The van der Waals surface area contributed by atoms with Crippen molar-refractivity contribution in [1.29, 1.82) is 0 Å². The van der Waals surface area contributed by atoms with Gasteiger partial charge < -0.3 is 20.3 Å². The molecule has 1 fully saturated rings. The number of likely N-dealkylation sites (tertiary alicyclic amines) is 1. The van der Waals surface area contributed by atoms with Gasteiger partial charge in [0.1, 0.15) is 6.04 Å². The molecule has 0 saturated carbocycles. The van der Waals surface area contributed by atoms with E-state index in [0.29, 0.717) is 12.5 Å². The Balaban J connectivity index is 2.38. The lowest BCUT2D eigenvalue weighted by atomic mass is 10.1. The van der Waals surface area contributed by atoms with Gasteiger partial charge in [0, 0.05) is 26.7 Å². The van der Waals surface area contributed by atoms with Crippen LogP contribution in [0.15, 0.2) is 0 Å². The van der Waals surface area contributed by atoms with Gasteiger partial charge in [0.05, 0.1) is 6.61 Å². The lowest BCUT2D eigenvalue weighted by Gasteiger charge is -2.23. The van der Waals surface area contributed by atoms with Crippen molar-refractivity contribution >= 4 is 5.91 Å². The number of rotatable bonds is 7. The lowest BCUT2D eigenvalue weighted by Crippen LogP contribution is -2.45. The van der Waals surface area contributed by atoms with E-state index in [4.69, 9.17) is 10.5 Å². The minimum Gasteiger partial charge on any atom is -0.383 e. The number of amides is 1. The van der Waals surface area contributed by atoms with E-state index in [-0.39, 0.29) is 5.91 Å². The molecule has 0 spiro atoms. The fourth-order valence-electron chi connectivity index (χ4n) is 2.51. The maximum absolute atomic E-state index is 12.0. The van der Waals surface area contributed by atoms with Crippen LogP contribution in [-0.4, -0.2) is 68.2 Å². The van der Waals surface area contributed by atoms with E-state index < -0.39 is 6.04 Å². The molecule has 0 bridgehead atoms. The molecule has 0 aromatic carbocycles. The van der Waals surface area contributed by atoms with Crippen LogP contribution in [0.3, 0.4) is 0 Å². The van der Waals surface area contributed by atoms with Crippen LogP contribution in [0.1, 0.15) is 20.3 Å². The predicted molar refractivity (Wildman–Crippen MR) is 72.3 cm³/mol. The third-order valence-electron chi connectivity index (χ3n) is 3.67. The molecular weight excluding hydrogens is 230 g/mol. The van der Waals surface area contributed by atoms with E-state index in [1.165, 1.54) is 0 Å². The Kier molecular flexibility index (Phi) is 6.60. The zero-order valence-electron chi connectivity index (χ0n) is 11.9. The molecule has 0 aromatic rings. The Morgan fingerprint density at radius 2 is 2.17 bits per heavy atom. The predicted octanol–water partition coefficient (Wildman–Crippen LogP) is 0.150. The zero-order chi connectivity index (χ0) is 13.5. The topological polar surface area (TPSA) is 58.8 Å². The molecule has 5 nitrogen and oxygen atoms in total. The molecular formula is C13H27N3O2. The highest BCUT2D eigenvalue weighted by atomic mass is 16.5. The summed E-state index contributed by atoms with van der Waals surface area (Å²) >= 11 is 0. The molecule has 0 aliphatic carbocycles. The van der Waals surface area contributed by atoms with Crippen LogP contribution < -0.4 is 5.73 Å². The SMILES string of the molecule is CCN(CC)CC1CCN(C(=O)C(N)COC)C1. The van der Waals surface area contributed by atoms with E-state index in [1.807, 2.05) is 4.90 Å². The number of carbonyl (C=O) groups is 1. The average molecular weight is 257 g/mol. The third kappa shape index (κ3) is 4.23. The monoisotopic (exact) mass is 257 g/mol. The summed E-state index contributed by atoms with van der Waals surface area (Å²) in [6.45, 7) is 9.56. The molecule has 1 aliphatic heterocycles. The van der Waals surface area contributed by atoms with Gasteiger partial charge >= 0.3 is 0 Å². The van der Waals surface area contributed by atoms with E-state index >= 15 is 0 Å². The second kappa shape index (κ2) is 7.71. The quantitative estimate of drug-likeness (QED) is 0.705. The van der Waals surface area contributed by atoms with Gasteiger partial charge in [0.15, 0.2) is 0 Å². The number of methoxy groups -OCH3 is 1. The van der Waals surface area contributed by atoms with Crippen LogP contribution in [0.4, 0.5) is 0 Å². The first-order chi connectivity index (χ1) is 8.62. The average Bonchev–Trinajstić information content (AvgIpc) is 2.83. The Morgan fingerprint density at radius 3 is 2.72 bits per heavy atom. The van der Waals surface area contributed by atoms with Crippen molar-refractivity contribution in [2.75, 3.05) is 46.4 Å². The minimum atomic E-state index is -0.512. The molecule has 1 saturated heterocycles. The molecule has 2 atom stereocenters. The van der Waals surface area contributed by atoms with E-state index in [1.54, 1.807) is 7.11 Å². The third-order valence-corrected chi connectivity index (χ3v) is 3.67. The van der Waals surface area contributed by atoms with Crippen molar-refractivity contribution in [3.63, 3.8) is 0 Å². The summed E-state index contributed by atoms with van der Waals surface area (Å²) in [6, 6.07) is -0.512. The number of ether oxygens (including phenoxy) is 1. The van der Waals surface area contributed by atoms with E-state index in [0.717, 1.165) is 39.1 Å². The maximum Gasteiger partial charge on any atom is 0.241 e. The summed E-state index contributed by atoms with van der Waals surface area (Å²) in [5, 5.41) is 0. The molecule has 2 unspecified atom stereocenters. The Morgan fingerprint density at radius 1 is 1.50 bits per heavy atom. The van der Waals surface area contributed by atoms with Gasteiger partial charge in [-0.15, -0.1) is 0 Å². The van der Waals surface area contributed by atoms with Crippen molar-refractivity contribution in [2.24, 2.45) is 11.7 Å². The molecule has 1 rings (SSSR count). The van der Waals surface area contributed by atoms with Gasteiger partial charge in [-0.25, -0.2) is 0 Å². The van der Waals surface area contributed by atoms with Crippen molar-refractivity contribution in [2.45, 2.75) is 26.3 Å². The molecule has 5 heteroatoms. The molecule has 2 N–H and O–H groups in total. The van der Waals surface area contributed by atoms with Gasteiger partial charge in [-0.3, -0.25) is 4.79 Å². The van der Waals surface area contributed by atoms with Crippen molar-refractivity contribution in [3.05, 3.63) is 0 Å². The number of nitrogens with zero attached hydrogens (tertiary/aromatic N) is 2. The molecule has 0 radical (unpaired) electrons. The van der Waals surface area contributed by atoms with Crippen LogP contribution in [0.25, 0.3) is 0 Å². The number of hydrogen-bond acceptors (Lipinski definition) is 4. The number of carbonyl (C=O) groups excluding carboxylic acids is 1. The van der Waals surface area contributed by atoms with Gasteiger partial charge in [-0.2, -0.15) is 0 Å². The fraction of sp³-hybridized carbons (Fsp3) is 0.923. The van der Waals surface area contributed by atoms with Gasteiger partial charge in [-0.05, 0) is 25.4 Å². The first kappa shape index (κ1) is 15.4. The van der Waals surface area contributed by atoms with Crippen LogP contribution in [0, 0.1) is 5.92 Å². The second-order valence-corrected chi connectivity index (χ2v) is 4.99. The Bertz CT molecular complexity index is 257. The number of hydrogen-bond donors (Lipinski definition) is 1. The smallest absolute Gasteiger partial charge is 0.241 e. The van der Waals surface area contributed by atoms with Gasteiger partial charge in [0.25, 0.3) is 0 Å². The van der Waals surface area contributed by atoms with Crippen LogP contribution in [-0.2, 0) is 9.53 Å². The van der Waals surface area contributed by atoms with E-state index in [2.05, 4.69) is 18.7 Å². The minimum absolute atomic E-state index is 0.0268. The highest BCUT2D eigenvalue weighted by Crippen LogP contribution is 2.18. The summed E-state index contributed by atoms with van der Waals surface area (Å²) in [6.07, 6.45) is 1.09. The molecule has 106 valence electrons. The Labute approximate surface area is 110 Å². The van der Waals surface area contributed by atoms with Crippen molar-refractivity contribution < 1.29 is 9.53 Å². The molecule has 1 aliphatic rings. The summed E-state index contributed by atoms with van der Waals surface area (Å²) in [5.74, 6) is 0.613. The lowest BCUT2D eigenvalue weighted by molar-refractivity contribution is -0.132. The standard InChI is InChI=1S/C13H27N3O2/c1-4-15(5-2)8-11-6-7-16(9-11)13(17)12(14)10-18-3/h11-12H,4-10,14H2,1-3H3. The summed E-state index contributed by atoms with van der Waals surface area (Å²) < 4.78 is 4.93. The van der Waals surface area contributed by atoms with Gasteiger partial charge in [0.2, 0.25) is 5.91 Å². The molecule has 1 amide bonds. The maximum atomic E-state index is 12.0. The van der Waals surface area contributed by atoms with Crippen LogP contribution >= 0.6 is 0 Å². The first-order valence-corrected chi connectivity index (χ1v) is 6.88. The normalized spacial score (nSPS) is 21.6. The summed E-state index contributed by atoms with van der Waals surface area (Å²) in [5.41, 5.74) is 5.78. The zero-order valence-corrected chi connectivity index (χ0v) is 11.9. The highest BCUT2D eigenvalue weighted by molar-refractivity contribution is 5.82. The van der Waals surface area contributed by atoms with Crippen LogP contribution in [0.2, 0.25) is 0 Å². The fourth-order valence-corrected chi connectivity index (χ4v) is 2.51. The summed E-state index contributed by atoms with van der Waals surface area (Å²) in [4.78, 5) is 16.3. The van der Waals surface area contributed by atoms with Crippen molar-refractivity contribution in [3.8, 4) is 0 Å².